The zero-order valence-corrected chi connectivity index (χ0v) is 22.1. The van der Waals surface area contributed by atoms with Gasteiger partial charge in [-0.05, 0) is 42.2 Å². The number of nitrogens with zero attached hydrogens (tertiary/aromatic N) is 3. The number of carbonyl (C=O) groups is 3. The van der Waals surface area contributed by atoms with E-state index in [1.165, 1.54) is 6.08 Å². The number of halogens is 2. The van der Waals surface area contributed by atoms with Crippen LogP contribution in [0.25, 0.3) is 6.08 Å². The summed E-state index contributed by atoms with van der Waals surface area (Å²) in [4.78, 5) is 43.2. The molecular weight excluding hydrogens is 513 g/mol. The Morgan fingerprint density at radius 1 is 0.919 bits per heavy atom. The van der Waals surface area contributed by atoms with Crippen molar-refractivity contribution in [3.63, 3.8) is 0 Å². The fourth-order valence-electron chi connectivity index (χ4n) is 4.76. The molecule has 2 fully saturated rings. The molecule has 2 saturated heterocycles. The van der Waals surface area contributed by atoms with E-state index in [1.54, 1.807) is 39.0 Å². The molecule has 196 valence electrons. The van der Waals surface area contributed by atoms with Crippen LogP contribution in [0.5, 0.6) is 0 Å². The van der Waals surface area contributed by atoms with E-state index in [0.717, 1.165) is 11.1 Å². The minimum absolute atomic E-state index is 0.0235. The molecule has 0 aromatic heterocycles. The molecule has 0 aliphatic carbocycles. The maximum absolute atomic E-state index is 12.8. The van der Waals surface area contributed by atoms with Crippen LogP contribution in [0.4, 0.5) is 0 Å². The highest BCUT2D eigenvalue weighted by Crippen LogP contribution is 2.32. The number of likely N-dealkylation sites (tertiary alicyclic amines) is 1. The number of piperidine rings is 1. The van der Waals surface area contributed by atoms with Crippen molar-refractivity contribution in [2.24, 2.45) is 0 Å². The summed E-state index contributed by atoms with van der Waals surface area (Å²) in [7, 11) is 0. The molecule has 2 aromatic carbocycles. The molecule has 0 saturated carbocycles. The smallest absolute Gasteiger partial charge is 0.246 e. The Morgan fingerprint density at radius 3 is 2.35 bits per heavy atom. The fraction of sp³-hybridized carbons (Fsp3) is 0.393. The topological polar surface area (TPSA) is 81.2 Å². The van der Waals surface area contributed by atoms with Gasteiger partial charge in [0.15, 0.2) is 0 Å². The first-order valence-corrected chi connectivity index (χ1v) is 13.3. The molecule has 2 aliphatic rings. The Labute approximate surface area is 227 Å². The van der Waals surface area contributed by atoms with Crippen molar-refractivity contribution in [3.8, 4) is 0 Å². The fourth-order valence-corrected chi connectivity index (χ4v) is 5.07. The van der Waals surface area contributed by atoms with Crippen molar-refractivity contribution < 1.29 is 19.5 Å². The van der Waals surface area contributed by atoms with Crippen LogP contribution in [-0.2, 0) is 20.0 Å². The minimum Gasteiger partial charge on any atom is -0.385 e. The molecular formula is C28H31Cl2N3O4. The predicted octanol–water partition coefficient (Wildman–Crippen LogP) is 3.97. The van der Waals surface area contributed by atoms with Crippen molar-refractivity contribution >= 4 is 47.0 Å². The van der Waals surface area contributed by atoms with E-state index >= 15 is 0 Å². The number of hydrogen-bond donors (Lipinski definition) is 1. The SMILES string of the molecule is O=C(/C=C/c1ccc(Cl)c(Cl)c1)N1CCC(=O)N(CCC(=O)N2CCC(O)(c3ccccc3)CC2)CC1. The van der Waals surface area contributed by atoms with Crippen LogP contribution >= 0.6 is 23.2 Å². The van der Waals surface area contributed by atoms with Gasteiger partial charge in [0.1, 0.15) is 0 Å². The first kappa shape index (κ1) is 27.2. The van der Waals surface area contributed by atoms with Crippen molar-refractivity contribution in [1.29, 1.82) is 0 Å². The third-order valence-corrected chi connectivity index (χ3v) is 7.85. The van der Waals surface area contributed by atoms with E-state index in [9.17, 15) is 19.5 Å². The van der Waals surface area contributed by atoms with Crippen LogP contribution in [0.15, 0.2) is 54.6 Å². The summed E-state index contributed by atoms with van der Waals surface area (Å²) in [5, 5.41) is 11.9. The van der Waals surface area contributed by atoms with Gasteiger partial charge in [-0.1, -0.05) is 59.6 Å². The molecule has 4 rings (SSSR count). The monoisotopic (exact) mass is 543 g/mol. The number of aliphatic hydroxyl groups is 1. The zero-order valence-electron chi connectivity index (χ0n) is 20.6. The Morgan fingerprint density at radius 2 is 1.65 bits per heavy atom. The van der Waals surface area contributed by atoms with E-state index in [0.29, 0.717) is 62.2 Å². The lowest BCUT2D eigenvalue weighted by molar-refractivity contribution is -0.137. The second kappa shape index (κ2) is 12.1. The molecule has 2 aliphatic heterocycles. The molecule has 37 heavy (non-hydrogen) atoms. The van der Waals surface area contributed by atoms with Gasteiger partial charge < -0.3 is 19.8 Å². The van der Waals surface area contributed by atoms with Gasteiger partial charge in [0.25, 0.3) is 0 Å². The van der Waals surface area contributed by atoms with Gasteiger partial charge in [-0.15, -0.1) is 0 Å². The van der Waals surface area contributed by atoms with Crippen LogP contribution in [0.1, 0.15) is 36.8 Å². The molecule has 0 radical (unpaired) electrons. The maximum Gasteiger partial charge on any atom is 0.246 e. The third-order valence-electron chi connectivity index (χ3n) is 7.11. The van der Waals surface area contributed by atoms with Crippen molar-refractivity contribution in [1.82, 2.24) is 14.7 Å². The minimum atomic E-state index is -0.914. The van der Waals surface area contributed by atoms with E-state index in [1.807, 2.05) is 30.3 Å². The summed E-state index contributed by atoms with van der Waals surface area (Å²) < 4.78 is 0. The van der Waals surface area contributed by atoms with Gasteiger partial charge in [-0.3, -0.25) is 14.4 Å². The van der Waals surface area contributed by atoms with Gasteiger partial charge in [0.05, 0.1) is 15.6 Å². The van der Waals surface area contributed by atoms with Gasteiger partial charge in [-0.25, -0.2) is 0 Å². The summed E-state index contributed by atoms with van der Waals surface area (Å²) >= 11 is 12.0. The molecule has 3 amide bonds. The van der Waals surface area contributed by atoms with Crippen molar-refractivity contribution in [2.45, 2.75) is 31.3 Å². The first-order valence-electron chi connectivity index (χ1n) is 12.5. The molecule has 0 spiro atoms. The zero-order chi connectivity index (χ0) is 26.4. The van der Waals surface area contributed by atoms with E-state index < -0.39 is 5.60 Å². The lowest BCUT2D eigenvalue weighted by atomic mass is 9.84. The Bertz CT molecular complexity index is 1160. The Hall–Kier alpha value is -2.87. The average molecular weight is 544 g/mol. The van der Waals surface area contributed by atoms with Crippen LogP contribution in [-0.4, -0.2) is 76.8 Å². The Kier molecular flexibility index (Phi) is 8.90. The third kappa shape index (κ3) is 6.92. The molecule has 9 heteroatoms. The molecule has 1 N–H and O–H groups in total. The summed E-state index contributed by atoms with van der Waals surface area (Å²) in [5.41, 5.74) is 0.722. The highest BCUT2D eigenvalue weighted by Gasteiger charge is 2.35. The summed E-state index contributed by atoms with van der Waals surface area (Å²) in [6, 6.07) is 14.7. The summed E-state index contributed by atoms with van der Waals surface area (Å²) in [6.45, 7) is 2.39. The molecule has 0 unspecified atom stereocenters. The normalized spacial score (nSPS) is 18.2. The van der Waals surface area contributed by atoms with Crippen molar-refractivity contribution in [3.05, 3.63) is 75.8 Å². The number of benzene rings is 2. The standard InChI is InChI=1S/C28H31Cl2N3O4/c29-23-8-6-21(20-24(23)30)7-9-25(34)31-14-10-26(35)32(19-18-31)15-11-27(36)33-16-12-28(37,13-17-33)22-4-2-1-3-5-22/h1-9,20,37H,10-19H2/b9-7+. The van der Waals surface area contributed by atoms with Gasteiger partial charge >= 0.3 is 0 Å². The number of amides is 3. The second-order valence-electron chi connectivity index (χ2n) is 9.49. The van der Waals surface area contributed by atoms with Crippen LogP contribution in [0, 0.1) is 0 Å². The largest absolute Gasteiger partial charge is 0.385 e. The highest BCUT2D eigenvalue weighted by atomic mass is 35.5. The van der Waals surface area contributed by atoms with Crippen LogP contribution in [0.3, 0.4) is 0 Å². The summed E-state index contributed by atoms with van der Waals surface area (Å²) in [5.74, 6) is -0.269. The molecule has 0 atom stereocenters. The number of hydrogen-bond acceptors (Lipinski definition) is 4. The maximum atomic E-state index is 12.8. The number of carbonyl (C=O) groups excluding carboxylic acids is 3. The molecule has 2 aromatic rings. The van der Waals surface area contributed by atoms with Crippen LogP contribution in [0.2, 0.25) is 10.0 Å². The highest BCUT2D eigenvalue weighted by molar-refractivity contribution is 6.42. The quantitative estimate of drug-likeness (QED) is 0.559. The van der Waals surface area contributed by atoms with Gasteiger partial charge in [0.2, 0.25) is 17.7 Å². The average Bonchev–Trinajstić information content (AvgIpc) is 3.10. The first-order chi connectivity index (χ1) is 17.7. The molecule has 7 nitrogen and oxygen atoms in total. The second-order valence-corrected chi connectivity index (χ2v) is 10.3. The summed E-state index contributed by atoms with van der Waals surface area (Å²) in [6.07, 6.45) is 4.55. The van der Waals surface area contributed by atoms with E-state index in [-0.39, 0.29) is 30.6 Å². The van der Waals surface area contributed by atoms with Gasteiger partial charge in [-0.2, -0.15) is 0 Å². The lowest BCUT2D eigenvalue weighted by Gasteiger charge is -2.38. The predicted molar refractivity (Wildman–Crippen MR) is 144 cm³/mol. The van der Waals surface area contributed by atoms with Crippen LogP contribution < -0.4 is 0 Å². The van der Waals surface area contributed by atoms with E-state index in [4.69, 9.17) is 23.2 Å². The van der Waals surface area contributed by atoms with Gasteiger partial charge in [0, 0.05) is 58.2 Å². The van der Waals surface area contributed by atoms with Crippen molar-refractivity contribution in [2.75, 3.05) is 39.3 Å². The lowest BCUT2D eigenvalue weighted by Crippen LogP contribution is -2.46. The Balaban J connectivity index is 1.24. The molecule has 2 heterocycles. The molecule has 0 bridgehead atoms. The van der Waals surface area contributed by atoms with E-state index in [2.05, 4.69) is 0 Å². The number of rotatable bonds is 6.